The average molecular weight is 204 g/mol. The van der Waals surface area contributed by atoms with Crippen LogP contribution in [0.25, 0.3) is 0 Å². The molecule has 0 saturated carbocycles. The number of aliphatic hydroxyl groups excluding tert-OH is 1. The number of hydrogen-bond donors (Lipinski definition) is 1. The molecule has 0 saturated heterocycles. The molecule has 1 aromatic carbocycles. The first-order valence-electron chi connectivity index (χ1n) is 6.11. The Morgan fingerprint density at radius 1 is 1.33 bits per heavy atom. The van der Waals surface area contributed by atoms with Crippen LogP contribution >= 0.6 is 0 Å². The van der Waals surface area contributed by atoms with Gasteiger partial charge in [0.1, 0.15) is 0 Å². The van der Waals surface area contributed by atoms with E-state index in [1.54, 1.807) is 0 Å². The molecular formula is C14H20O. The molecule has 1 aliphatic carbocycles. The largest absolute Gasteiger partial charge is 0.388 e. The molecule has 2 rings (SSSR count). The number of hydrogen-bond acceptors (Lipinski definition) is 1. The number of unbranched alkanes of at least 4 members (excludes halogenated alkanes) is 2. The van der Waals surface area contributed by atoms with Crippen LogP contribution in [0.3, 0.4) is 0 Å². The lowest BCUT2D eigenvalue weighted by atomic mass is 10.0. The van der Waals surface area contributed by atoms with E-state index in [1.807, 2.05) is 0 Å². The van der Waals surface area contributed by atoms with Gasteiger partial charge in [0.05, 0.1) is 6.10 Å². The summed E-state index contributed by atoms with van der Waals surface area (Å²) in [6.45, 7) is 2.24. The fourth-order valence-electron chi connectivity index (χ4n) is 2.38. The highest BCUT2D eigenvalue weighted by Crippen LogP contribution is 2.31. The van der Waals surface area contributed by atoms with Gasteiger partial charge in [-0.2, -0.15) is 0 Å². The molecule has 0 amide bonds. The number of rotatable bonds is 4. The highest BCUT2D eigenvalue weighted by Gasteiger charge is 2.19. The Morgan fingerprint density at radius 2 is 2.20 bits per heavy atom. The first kappa shape index (κ1) is 10.7. The van der Waals surface area contributed by atoms with Crippen LogP contribution in [0.2, 0.25) is 0 Å². The van der Waals surface area contributed by atoms with Gasteiger partial charge in [0.15, 0.2) is 0 Å². The molecule has 1 heteroatoms. The SMILES string of the molecule is CCCCCc1ccc2c(c1)CCC2O. The van der Waals surface area contributed by atoms with Crippen molar-refractivity contribution in [3.63, 3.8) is 0 Å². The molecule has 0 spiro atoms. The van der Waals surface area contributed by atoms with Gasteiger partial charge in [-0.05, 0) is 42.4 Å². The minimum Gasteiger partial charge on any atom is -0.388 e. The lowest BCUT2D eigenvalue weighted by Gasteiger charge is -2.06. The van der Waals surface area contributed by atoms with E-state index in [9.17, 15) is 5.11 Å². The lowest BCUT2D eigenvalue weighted by Crippen LogP contribution is -1.92. The summed E-state index contributed by atoms with van der Waals surface area (Å²) in [6.07, 6.45) is 6.84. The molecule has 1 atom stereocenters. The molecule has 1 nitrogen and oxygen atoms in total. The summed E-state index contributed by atoms with van der Waals surface area (Å²) in [4.78, 5) is 0. The van der Waals surface area contributed by atoms with Crippen LogP contribution in [-0.2, 0) is 12.8 Å². The molecule has 1 N–H and O–H groups in total. The topological polar surface area (TPSA) is 20.2 Å². The van der Waals surface area contributed by atoms with Gasteiger partial charge in [0.2, 0.25) is 0 Å². The molecular weight excluding hydrogens is 184 g/mol. The third-order valence-electron chi connectivity index (χ3n) is 3.32. The predicted molar refractivity (Wildman–Crippen MR) is 63.0 cm³/mol. The standard InChI is InChI=1S/C14H20O/c1-2-3-4-5-11-6-8-13-12(10-11)7-9-14(13)15/h6,8,10,14-15H,2-5,7,9H2,1H3. The lowest BCUT2D eigenvalue weighted by molar-refractivity contribution is 0.180. The summed E-state index contributed by atoms with van der Waals surface area (Å²) in [5, 5.41) is 9.69. The second-order valence-corrected chi connectivity index (χ2v) is 4.54. The van der Waals surface area contributed by atoms with Gasteiger partial charge < -0.3 is 5.11 Å². The van der Waals surface area contributed by atoms with Gasteiger partial charge in [-0.3, -0.25) is 0 Å². The predicted octanol–water partition coefficient (Wildman–Crippen LogP) is 3.40. The highest BCUT2D eigenvalue weighted by atomic mass is 16.3. The van der Waals surface area contributed by atoms with E-state index in [4.69, 9.17) is 0 Å². The number of aliphatic hydroxyl groups is 1. The van der Waals surface area contributed by atoms with E-state index >= 15 is 0 Å². The van der Waals surface area contributed by atoms with E-state index in [1.165, 1.54) is 36.8 Å². The summed E-state index contributed by atoms with van der Waals surface area (Å²) < 4.78 is 0. The van der Waals surface area contributed by atoms with Crippen LogP contribution in [0.4, 0.5) is 0 Å². The van der Waals surface area contributed by atoms with Gasteiger partial charge in [-0.1, -0.05) is 38.0 Å². The fraction of sp³-hybridized carbons (Fsp3) is 0.571. The van der Waals surface area contributed by atoms with Gasteiger partial charge >= 0.3 is 0 Å². The van der Waals surface area contributed by atoms with Crippen molar-refractivity contribution in [2.24, 2.45) is 0 Å². The zero-order valence-corrected chi connectivity index (χ0v) is 9.50. The van der Waals surface area contributed by atoms with Crippen LogP contribution in [0, 0.1) is 0 Å². The Kier molecular flexibility index (Phi) is 3.42. The molecule has 0 heterocycles. The minimum absolute atomic E-state index is 0.204. The van der Waals surface area contributed by atoms with Crippen molar-refractivity contribution in [1.82, 2.24) is 0 Å². The zero-order valence-electron chi connectivity index (χ0n) is 9.50. The summed E-state index contributed by atoms with van der Waals surface area (Å²) in [7, 11) is 0. The molecule has 0 bridgehead atoms. The minimum atomic E-state index is -0.204. The summed E-state index contributed by atoms with van der Waals surface area (Å²) in [6, 6.07) is 6.60. The van der Waals surface area contributed by atoms with Crippen LogP contribution in [-0.4, -0.2) is 5.11 Å². The number of aryl methyl sites for hydroxylation is 2. The van der Waals surface area contributed by atoms with Gasteiger partial charge in [-0.15, -0.1) is 0 Å². The van der Waals surface area contributed by atoms with Crippen molar-refractivity contribution >= 4 is 0 Å². The second kappa shape index (κ2) is 4.80. The second-order valence-electron chi connectivity index (χ2n) is 4.54. The van der Waals surface area contributed by atoms with Crippen molar-refractivity contribution in [3.8, 4) is 0 Å². The third-order valence-corrected chi connectivity index (χ3v) is 3.32. The smallest absolute Gasteiger partial charge is 0.0795 e. The molecule has 1 unspecified atom stereocenters. The quantitative estimate of drug-likeness (QED) is 0.745. The first-order valence-corrected chi connectivity index (χ1v) is 6.11. The van der Waals surface area contributed by atoms with Crippen molar-refractivity contribution in [2.45, 2.75) is 51.6 Å². The molecule has 15 heavy (non-hydrogen) atoms. The zero-order chi connectivity index (χ0) is 10.7. The fourth-order valence-corrected chi connectivity index (χ4v) is 2.38. The van der Waals surface area contributed by atoms with E-state index in [0.29, 0.717) is 0 Å². The van der Waals surface area contributed by atoms with Crippen LogP contribution in [0.1, 0.15) is 55.4 Å². The first-order chi connectivity index (χ1) is 7.31. The van der Waals surface area contributed by atoms with Crippen LogP contribution < -0.4 is 0 Å². The Balaban J connectivity index is 2.03. The highest BCUT2D eigenvalue weighted by molar-refractivity contribution is 5.37. The van der Waals surface area contributed by atoms with Crippen molar-refractivity contribution in [1.29, 1.82) is 0 Å². The molecule has 0 radical (unpaired) electrons. The Labute approximate surface area is 92.1 Å². The molecule has 0 fully saturated rings. The Morgan fingerprint density at radius 3 is 3.00 bits per heavy atom. The third kappa shape index (κ3) is 2.40. The van der Waals surface area contributed by atoms with Crippen LogP contribution in [0.5, 0.6) is 0 Å². The van der Waals surface area contributed by atoms with Gasteiger partial charge in [-0.25, -0.2) is 0 Å². The van der Waals surface area contributed by atoms with Gasteiger partial charge in [0.25, 0.3) is 0 Å². The summed E-state index contributed by atoms with van der Waals surface area (Å²) in [5.74, 6) is 0. The molecule has 1 aromatic rings. The van der Waals surface area contributed by atoms with Gasteiger partial charge in [0, 0.05) is 0 Å². The van der Waals surface area contributed by atoms with E-state index in [0.717, 1.165) is 18.4 Å². The van der Waals surface area contributed by atoms with E-state index < -0.39 is 0 Å². The average Bonchev–Trinajstić information content (AvgIpc) is 2.61. The molecule has 0 aromatic heterocycles. The molecule has 82 valence electrons. The van der Waals surface area contributed by atoms with Crippen LogP contribution in [0.15, 0.2) is 18.2 Å². The Bertz CT molecular complexity index is 330. The van der Waals surface area contributed by atoms with Crippen molar-refractivity contribution in [3.05, 3.63) is 34.9 Å². The maximum Gasteiger partial charge on any atom is 0.0795 e. The summed E-state index contributed by atoms with van der Waals surface area (Å²) >= 11 is 0. The number of fused-ring (bicyclic) bond motifs is 1. The maximum atomic E-state index is 9.69. The van der Waals surface area contributed by atoms with E-state index in [-0.39, 0.29) is 6.10 Å². The molecule has 1 aliphatic rings. The maximum absolute atomic E-state index is 9.69. The number of benzene rings is 1. The summed E-state index contributed by atoms with van der Waals surface area (Å²) in [5.41, 5.74) is 3.97. The monoisotopic (exact) mass is 204 g/mol. The van der Waals surface area contributed by atoms with E-state index in [2.05, 4.69) is 25.1 Å². The van der Waals surface area contributed by atoms with Crippen molar-refractivity contribution < 1.29 is 5.11 Å². The van der Waals surface area contributed by atoms with Crippen molar-refractivity contribution in [2.75, 3.05) is 0 Å². The normalized spacial score (nSPS) is 19.2. The Hall–Kier alpha value is -0.820. The molecule has 0 aliphatic heterocycles.